The van der Waals surface area contributed by atoms with Crippen molar-refractivity contribution in [1.29, 1.82) is 0 Å². The number of unbranched alkanes of at least 4 members (excludes halogenated alkanes) is 2. The first-order valence-corrected chi connectivity index (χ1v) is 13.5. The summed E-state index contributed by atoms with van der Waals surface area (Å²) in [6.07, 6.45) is 12.9. The van der Waals surface area contributed by atoms with Gasteiger partial charge in [0.05, 0.1) is 11.9 Å². The van der Waals surface area contributed by atoms with E-state index in [0.29, 0.717) is 13.1 Å². The number of nitrogens with zero attached hydrogens (tertiary/aromatic N) is 5. The predicted octanol–water partition coefficient (Wildman–Crippen LogP) is 4.85. The van der Waals surface area contributed by atoms with Gasteiger partial charge in [0.2, 0.25) is 0 Å². The molecule has 0 aromatic carbocycles. The summed E-state index contributed by atoms with van der Waals surface area (Å²) in [6.45, 7) is 23.5. The molecule has 0 aromatic heterocycles. The molecule has 0 aromatic rings. The van der Waals surface area contributed by atoms with Crippen molar-refractivity contribution in [3.05, 3.63) is 35.5 Å². The van der Waals surface area contributed by atoms with Crippen molar-refractivity contribution in [2.45, 2.75) is 65.7 Å². The highest BCUT2D eigenvalue weighted by atomic mass is 32.2. The van der Waals surface area contributed by atoms with Crippen molar-refractivity contribution in [2.24, 2.45) is 26.2 Å². The predicted molar refractivity (Wildman–Crippen MR) is 153 cm³/mol. The topological polar surface area (TPSA) is 81.6 Å². The Hall–Kier alpha value is -1.74. The lowest BCUT2D eigenvalue weighted by Gasteiger charge is -2.31. The van der Waals surface area contributed by atoms with Crippen molar-refractivity contribution in [3.8, 4) is 0 Å². The van der Waals surface area contributed by atoms with E-state index in [9.17, 15) is 0 Å². The molecule has 0 saturated carbocycles. The summed E-state index contributed by atoms with van der Waals surface area (Å²) in [5.74, 6) is 1.55. The van der Waals surface area contributed by atoms with Crippen molar-refractivity contribution in [3.63, 3.8) is 0 Å². The number of rotatable bonds is 17. The van der Waals surface area contributed by atoms with Gasteiger partial charge in [0.1, 0.15) is 11.7 Å². The largest absolute Gasteiger partial charge is 0.316 e. The van der Waals surface area contributed by atoms with Crippen LogP contribution in [0.4, 0.5) is 0 Å². The lowest BCUT2D eigenvalue weighted by molar-refractivity contribution is 0.317. The molecule has 7 nitrogen and oxygen atoms in total. The molecule has 34 heavy (non-hydrogen) atoms. The molecule has 0 radical (unpaired) electrons. The third-order valence-corrected chi connectivity index (χ3v) is 6.43. The molecule has 0 aliphatic carbocycles. The lowest BCUT2D eigenvalue weighted by atomic mass is 9.91. The number of hydrogen-bond acceptors (Lipinski definition) is 7. The second kappa shape index (κ2) is 16.8. The van der Waals surface area contributed by atoms with E-state index in [4.69, 9.17) is 10.7 Å². The van der Waals surface area contributed by atoms with Crippen LogP contribution < -0.4 is 11.1 Å². The zero-order valence-corrected chi connectivity index (χ0v) is 22.9. The first-order chi connectivity index (χ1) is 16.3. The fraction of sp³-hybridized carbons (Fsp3) is 0.654. The van der Waals surface area contributed by atoms with Gasteiger partial charge in [-0.05, 0) is 57.5 Å². The number of nitrogens with two attached hydrogens (primary N) is 1. The highest BCUT2D eigenvalue weighted by Gasteiger charge is 2.26. The standard InChI is InChI=1S/C26H47N7S/c1-8-12-14-16-32(10-3)19-24(28-7)31-25-17-26(6,21-30-33(25)11-4)20-29-18-22(5)34-23(27)15-13-9-2/h13,15,17,21,23,29H,5,7-12,14,16,18-20,27H2,1-4,6H3/b15-13-,31-24?. The van der Waals surface area contributed by atoms with Gasteiger partial charge < -0.3 is 11.1 Å². The number of amidine groups is 1. The SMILES string of the molecule is C=NC(CN(CC)CCCCC)=NC1=CC(C)(CNCC(=C)SC(N)/C=C\CC)C=NN1CC. The van der Waals surface area contributed by atoms with Gasteiger partial charge in [-0.2, -0.15) is 5.10 Å². The second-order valence-corrected chi connectivity index (χ2v) is 10.1. The molecule has 2 unspecified atom stereocenters. The molecular weight excluding hydrogens is 442 g/mol. The van der Waals surface area contributed by atoms with Crippen LogP contribution in [0.25, 0.3) is 0 Å². The van der Waals surface area contributed by atoms with Gasteiger partial charge in [0.25, 0.3) is 0 Å². The number of allylic oxidation sites excluding steroid dienone is 1. The maximum Gasteiger partial charge on any atom is 0.147 e. The van der Waals surface area contributed by atoms with Crippen LogP contribution in [0.3, 0.4) is 0 Å². The normalized spacial score (nSPS) is 19.7. The highest BCUT2D eigenvalue weighted by molar-refractivity contribution is 8.03. The van der Waals surface area contributed by atoms with Crippen molar-refractivity contribution < 1.29 is 0 Å². The fourth-order valence-corrected chi connectivity index (χ4v) is 4.26. The molecule has 1 aliphatic rings. The molecule has 1 heterocycles. The van der Waals surface area contributed by atoms with E-state index in [2.05, 4.69) is 80.4 Å². The number of aliphatic imine (C=N–C) groups is 2. The Balaban J connectivity index is 2.82. The Bertz CT molecular complexity index is 743. The van der Waals surface area contributed by atoms with Crippen molar-refractivity contribution in [1.82, 2.24) is 15.2 Å². The van der Waals surface area contributed by atoms with Crippen LogP contribution in [0.1, 0.15) is 60.3 Å². The number of nitrogens with one attached hydrogen (secondary N) is 1. The maximum atomic E-state index is 6.11. The average molecular weight is 490 g/mol. The van der Waals surface area contributed by atoms with Gasteiger partial charge in [-0.25, -0.2) is 15.0 Å². The van der Waals surface area contributed by atoms with Crippen molar-refractivity contribution >= 4 is 30.5 Å². The van der Waals surface area contributed by atoms with E-state index in [1.54, 1.807) is 11.8 Å². The van der Waals surface area contributed by atoms with E-state index < -0.39 is 0 Å². The third-order valence-electron chi connectivity index (χ3n) is 5.52. The summed E-state index contributed by atoms with van der Waals surface area (Å²) in [4.78, 5) is 12.5. The van der Waals surface area contributed by atoms with E-state index in [0.717, 1.165) is 49.2 Å². The number of thioether (sulfide) groups is 1. The molecular formula is C26H47N7S. The number of likely N-dealkylation sites (N-methyl/N-ethyl adjacent to an activating group) is 1. The van der Waals surface area contributed by atoms with Crippen LogP contribution in [0, 0.1) is 5.41 Å². The first-order valence-electron chi connectivity index (χ1n) is 12.6. The van der Waals surface area contributed by atoms with Gasteiger partial charge in [-0.15, -0.1) is 11.8 Å². The van der Waals surface area contributed by atoms with E-state index in [-0.39, 0.29) is 10.8 Å². The van der Waals surface area contributed by atoms with Gasteiger partial charge in [-0.3, -0.25) is 4.90 Å². The maximum absolute atomic E-state index is 6.11. The third kappa shape index (κ3) is 11.6. The van der Waals surface area contributed by atoms with Gasteiger partial charge in [0, 0.05) is 31.3 Å². The first kappa shape index (κ1) is 30.3. The van der Waals surface area contributed by atoms with E-state index >= 15 is 0 Å². The Morgan fingerprint density at radius 3 is 2.74 bits per heavy atom. The molecule has 0 fully saturated rings. The molecule has 2 atom stereocenters. The van der Waals surface area contributed by atoms with Gasteiger partial charge in [-0.1, -0.05) is 52.3 Å². The second-order valence-electron chi connectivity index (χ2n) is 8.79. The molecule has 8 heteroatoms. The molecule has 0 bridgehead atoms. The van der Waals surface area contributed by atoms with E-state index in [1.807, 2.05) is 17.3 Å². The Kier molecular flexibility index (Phi) is 15.0. The number of hydrogen-bond donors (Lipinski definition) is 2. The minimum atomic E-state index is -0.266. The molecule has 0 saturated heterocycles. The van der Waals surface area contributed by atoms with Crippen LogP contribution in [0.15, 0.2) is 50.6 Å². The smallest absolute Gasteiger partial charge is 0.147 e. The zero-order chi connectivity index (χ0) is 25.4. The minimum Gasteiger partial charge on any atom is -0.316 e. The van der Waals surface area contributed by atoms with Crippen LogP contribution >= 0.6 is 11.8 Å². The highest BCUT2D eigenvalue weighted by Crippen LogP contribution is 2.25. The molecule has 1 aliphatic heterocycles. The van der Waals surface area contributed by atoms with Gasteiger partial charge in [0.15, 0.2) is 0 Å². The molecule has 3 N–H and O–H groups in total. The van der Waals surface area contributed by atoms with Crippen LogP contribution in [0.2, 0.25) is 0 Å². The fourth-order valence-electron chi connectivity index (χ4n) is 3.50. The molecule has 192 valence electrons. The summed E-state index contributed by atoms with van der Waals surface area (Å²) >= 11 is 1.59. The lowest BCUT2D eigenvalue weighted by Crippen LogP contribution is -2.37. The molecule has 1 rings (SSSR count). The molecule has 0 amide bonds. The summed E-state index contributed by atoms with van der Waals surface area (Å²) < 4.78 is 0. The van der Waals surface area contributed by atoms with Crippen LogP contribution in [0.5, 0.6) is 0 Å². The zero-order valence-electron chi connectivity index (χ0n) is 22.1. The molecule has 0 spiro atoms. The Morgan fingerprint density at radius 1 is 1.35 bits per heavy atom. The summed E-state index contributed by atoms with van der Waals surface area (Å²) in [7, 11) is 0. The minimum absolute atomic E-state index is 0.0606. The summed E-state index contributed by atoms with van der Waals surface area (Å²) in [6, 6.07) is 0. The number of hydrazone groups is 1. The van der Waals surface area contributed by atoms with Crippen molar-refractivity contribution in [2.75, 3.05) is 39.3 Å². The van der Waals surface area contributed by atoms with Crippen LogP contribution in [-0.4, -0.2) is 73.3 Å². The summed E-state index contributed by atoms with van der Waals surface area (Å²) in [5, 5.41) is 10.0. The van der Waals surface area contributed by atoms with Crippen LogP contribution in [-0.2, 0) is 0 Å². The quantitative estimate of drug-likeness (QED) is 0.100. The Morgan fingerprint density at radius 2 is 2.12 bits per heavy atom. The van der Waals surface area contributed by atoms with E-state index in [1.165, 1.54) is 19.3 Å². The summed E-state index contributed by atoms with van der Waals surface area (Å²) in [5.41, 5.74) is 5.84. The average Bonchev–Trinajstić information content (AvgIpc) is 2.81. The monoisotopic (exact) mass is 489 g/mol. The van der Waals surface area contributed by atoms with Gasteiger partial charge >= 0.3 is 0 Å². The Labute approximate surface area is 212 Å².